The first-order valence-corrected chi connectivity index (χ1v) is 9.17. The van der Waals surface area contributed by atoms with Crippen LogP contribution in [0.25, 0.3) is 0 Å². The Hall–Kier alpha value is -2.01. The van der Waals surface area contributed by atoms with Gasteiger partial charge in [-0.05, 0) is 38.8 Å². The van der Waals surface area contributed by atoms with E-state index in [4.69, 9.17) is 0 Å². The Morgan fingerprint density at radius 3 is 2.38 bits per heavy atom. The SMILES string of the molecule is CC(=O)c1c(C)[nH]c(C(=O)NCCSCc2ccc(C)cc2)c1C. The highest BCUT2D eigenvalue weighted by atomic mass is 32.2. The van der Waals surface area contributed by atoms with E-state index in [0.717, 1.165) is 22.8 Å². The average molecular weight is 344 g/mol. The van der Waals surface area contributed by atoms with Crippen LogP contribution in [-0.4, -0.2) is 29.0 Å². The lowest BCUT2D eigenvalue weighted by Gasteiger charge is -2.06. The van der Waals surface area contributed by atoms with Crippen LogP contribution in [0.1, 0.15) is 50.2 Å². The van der Waals surface area contributed by atoms with Gasteiger partial charge in [-0.25, -0.2) is 0 Å². The second kappa shape index (κ2) is 8.20. The Labute approximate surface area is 147 Å². The number of amides is 1. The van der Waals surface area contributed by atoms with Gasteiger partial charge in [0.05, 0.1) is 0 Å². The molecule has 0 fully saturated rings. The molecule has 1 heterocycles. The third-order valence-electron chi connectivity index (χ3n) is 3.94. The number of carbonyl (C=O) groups is 2. The summed E-state index contributed by atoms with van der Waals surface area (Å²) in [6, 6.07) is 8.49. The molecule has 0 aliphatic heterocycles. The monoisotopic (exact) mass is 344 g/mol. The molecular weight excluding hydrogens is 320 g/mol. The molecule has 2 rings (SSSR count). The maximum Gasteiger partial charge on any atom is 0.268 e. The van der Waals surface area contributed by atoms with Crippen molar-refractivity contribution in [1.82, 2.24) is 10.3 Å². The summed E-state index contributed by atoms with van der Waals surface area (Å²) < 4.78 is 0. The van der Waals surface area contributed by atoms with Gasteiger partial charge in [0.15, 0.2) is 5.78 Å². The first kappa shape index (κ1) is 18.3. The lowest BCUT2D eigenvalue weighted by atomic mass is 10.1. The number of Topliss-reactive ketones (excluding diaryl/α,β-unsaturated/α-hetero) is 1. The Bertz CT molecular complexity index is 733. The Morgan fingerprint density at radius 2 is 1.79 bits per heavy atom. The van der Waals surface area contributed by atoms with Gasteiger partial charge in [0.2, 0.25) is 0 Å². The summed E-state index contributed by atoms with van der Waals surface area (Å²) in [7, 11) is 0. The fraction of sp³-hybridized carbons (Fsp3) is 0.368. The molecule has 0 bridgehead atoms. The van der Waals surface area contributed by atoms with Crippen LogP contribution in [-0.2, 0) is 5.75 Å². The minimum Gasteiger partial charge on any atom is -0.354 e. The van der Waals surface area contributed by atoms with Gasteiger partial charge in [-0.15, -0.1) is 0 Å². The summed E-state index contributed by atoms with van der Waals surface area (Å²) in [4.78, 5) is 26.9. The van der Waals surface area contributed by atoms with E-state index >= 15 is 0 Å². The largest absolute Gasteiger partial charge is 0.354 e. The highest BCUT2D eigenvalue weighted by molar-refractivity contribution is 7.98. The summed E-state index contributed by atoms with van der Waals surface area (Å²) in [5, 5.41) is 2.91. The number of H-pyrrole nitrogens is 1. The van der Waals surface area contributed by atoms with Crippen LogP contribution in [0.5, 0.6) is 0 Å². The highest BCUT2D eigenvalue weighted by Crippen LogP contribution is 2.18. The van der Waals surface area contributed by atoms with E-state index in [1.807, 2.05) is 6.92 Å². The lowest BCUT2D eigenvalue weighted by molar-refractivity contribution is 0.0951. The van der Waals surface area contributed by atoms with Crippen molar-refractivity contribution < 1.29 is 9.59 Å². The van der Waals surface area contributed by atoms with E-state index in [1.54, 1.807) is 18.7 Å². The van der Waals surface area contributed by atoms with E-state index in [9.17, 15) is 9.59 Å². The quantitative estimate of drug-likeness (QED) is 0.593. The molecule has 24 heavy (non-hydrogen) atoms. The third kappa shape index (κ3) is 4.51. The highest BCUT2D eigenvalue weighted by Gasteiger charge is 2.19. The van der Waals surface area contributed by atoms with Crippen molar-refractivity contribution in [2.24, 2.45) is 0 Å². The summed E-state index contributed by atoms with van der Waals surface area (Å²) >= 11 is 1.79. The van der Waals surface area contributed by atoms with Crippen LogP contribution >= 0.6 is 11.8 Å². The van der Waals surface area contributed by atoms with Gasteiger partial charge in [0, 0.05) is 29.3 Å². The zero-order chi connectivity index (χ0) is 17.7. The molecule has 0 spiro atoms. The van der Waals surface area contributed by atoms with Gasteiger partial charge in [0.1, 0.15) is 5.69 Å². The lowest BCUT2D eigenvalue weighted by Crippen LogP contribution is -2.26. The molecular formula is C19H24N2O2S. The number of aromatic nitrogens is 1. The van der Waals surface area contributed by atoms with E-state index in [0.29, 0.717) is 17.8 Å². The number of ketones is 1. The minimum absolute atomic E-state index is 0.0195. The van der Waals surface area contributed by atoms with Crippen molar-refractivity contribution in [1.29, 1.82) is 0 Å². The van der Waals surface area contributed by atoms with Gasteiger partial charge >= 0.3 is 0 Å². The van der Waals surface area contributed by atoms with Gasteiger partial charge < -0.3 is 10.3 Å². The molecule has 4 nitrogen and oxygen atoms in total. The van der Waals surface area contributed by atoms with Gasteiger partial charge in [-0.1, -0.05) is 29.8 Å². The van der Waals surface area contributed by atoms with Gasteiger partial charge in [-0.2, -0.15) is 11.8 Å². The van der Waals surface area contributed by atoms with Crippen LogP contribution in [0.2, 0.25) is 0 Å². The van der Waals surface area contributed by atoms with Crippen LogP contribution in [0, 0.1) is 20.8 Å². The van der Waals surface area contributed by atoms with Crippen LogP contribution in [0.3, 0.4) is 0 Å². The zero-order valence-electron chi connectivity index (χ0n) is 14.7. The first-order chi connectivity index (χ1) is 11.4. The minimum atomic E-state index is -0.154. The fourth-order valence-electron chi connectivity index (χ4n) is 2.70. The number of aryl methyl sites for hydroxylation is 2. The number of rotatable bonds is 7. The Morgan fingerprint density at radius 1 is 1.12 bits per heavy atom. The molecule has 1 aromatic heterocycles. The van der Waals surface area contributed by atoms with Crippen LogP contribution in [0.4, 0.5) is 0 Å². The van der Waals surface area contributed by atoms with Crippen molar-refractivity contribution in [2.75, 3.05) is 12.3 Å². The topological polar surface area (TPSA) is 62.0 Å². The van der Waals surface area contributed by atoms with Crippen molar-refractivity contribution >= 4 is 23.5 Å². The number of hydrogen-bond acceptors (Lipinski definition) is 3. The summed E-state index contributed by atoms with van der Waals surface area (Å²) in [6.07, 6.45) is 0. The Kier molecular flexibility index (Phi) is 6.26. The van der Waals surface area contributed by atoms with Crippen molar-refractivity contribution in [3.63, 3.8) is 0 Å². The number of hydrogen-bond donors (Lipinski definition) is 2. The predicted octanol–water partition coefficient (Wildman–Crippen LogP) is 3.81. The molecule has 2 N–H and O–H groups in total. The molecule has 0 aliphatic rings. The number of benzene rings is 1. The fourth-order valence-corrected chi connectivity index (χ4v) is 3.52. The Balaban J connectivity index is 1.80. The smallest absolute Gasteiger partial charge is 0.268 e. The number of nitrogens with one attached hydrogen (secondary N) is 2. The molecule has 0 unspecified atom stereocenters. The molecule has 0 saturated heterocycles. The van der Waals surface area contributed by atoms with Crippen LogP contribution < -0.4 is 5.32 Å². The standard InChI is InChI=1S/C19H24N2O2S/c1-12-5-7-16(8-6-12)11-24-10-9-20-19(23)18-13(2)17(15(4)22)14(3)21-18/h5-8,21H,9-11H2,1-4H3,(H,20,23). The van der Waals surface area contributed by atoms with Crippen molar-refractivity contribution in [3.05, 3.63) is 57.9 Å². The molecule has 0 atom stereocenters. The van der Waals surface area contributed by atoms with Gasteiger partial charge in [-0.3, -0.25) is 9.59 Å². The number of thioether (sulfide) groups is 1. The molecule has 2 aromatic rings. The first-order valence-electron chi connectivity index (χ1n) is 8.01. The average Bonchev–Trinajstić information content (AvgIpc) is 2.83. The number of carbonyl (C=O) groups excluding carboxylic acids is 2. The van der Waals surface area contributed by atoms with Crippen molar-refractivity contribution in [3.8, 4) is 0 Å². The van der Waals surface area contributed by atoms with E-state index in [1.165, 1.54) is 18.1 Å². The summed E-state index contributed by atoms with van der Waals surface area (Å²) in [6.45, 7) is 7.82. The molecule has 5 heteroatoms. The van der Waals surface area contributed by atoms with Gasteiger partial charge in [0.25, 0.3) is 5.91 Å². The van der Waals surface area contributed by atoms with Crippen LogP contribution in [0.15, 0.2) is 24.3 Å². The molecule has 1 aromatic carbocycles. The summed E-state index contributed by atoms with van der Waals surface area (Å²) in [5.74, 6) is 1.61. The molecule has 0 aliphatic carbocycles. The second-order valence-electron chi connectivity index (χ2n) is 5.98. The molecule has 0 radical (unpaired) electrons. The molecule has 0 saturated carbocycles. The van der Waals surface area contributed by atoms with E-state index in [2.05, 4.69) is 41.5 Å². The molecule has 128 valence electrons. The van der Waals surface area contributed by atoms with E-state index < -0.39 is 0 Å². The maximum absolute atomic E-state index is 12.3. The van der Waals surface area contributed by atoms with E-state index in [-0.39, 0.29) is 11.7 Å². The maximum atomic E-state index is 12.3. The third-order valence-corrected chi connectivity index (χ3v) is 4.97. The molecule has 1 amide bonds. The normalized spacial score (nSPS) is 10.7. The number of aromatic amines is 1. The summed E-state index contributed by atoms with van der Waals surface area (Å²) in [5.41, 5.74) is 5.13. The zero-order valence-corrected chi connectivity index (χ0v) is 15.5. The second-order valence-corrected chi connectivity index (χ2v) is 7.08. The van der Waals surface area contributed by atoms with Crippen molar-refractivity contribution in [2.45, 2.75) is 33.4 Å². The predicted molar refractivity (Wildman–Crippen MR) is 99.9 cm³/mol.